The summed E-state index contributed by atoms with van der Waals surface area (Å²) in [4.78, 5) is 1.78. The number of unbranched alkanes of at least 4 members (excludes halogenated alkanes) is 12. The standard InChI is InChI=1S/C41H63NO4S2/c1-5-9-13-17-21-40(22-18-14-10-6-2)29-43-34-27-47-36(37(34)45-31-40)25-33(26-42)39-38-35(28-48-39)44-30-41(32-46-38,23-19-15-11-7-3)24-20-16-12-8-4/h25,27-28H,5-24,29-32H2,1-4H3/b33-25+. The molecule has 0 aliphatic carbocycles. The second kappa shape index (κ2) is 20.5. The molecule has 0 fully saturated rings. The van der Waals surface area contributed by atoms with Crippen molar-refractivity contribution < 1.29 is 18.9 Å². The quantitative estimate of drug-likeness (QED) is 0.0905. The van der Waals surface area contributed by atoms with Crippen LogP contribution in [0.25, 0.3) is 11.6 Å². The number of thiophene rings is 2. The molecule has 0 bridgehead atoms. The number of fused-ring (bicyclic) bond motifs is 2. The Morgan fingerprint density at radius 3 is 1.48 bits per heavy atom. The molecule has 0 amide bonds. The lowest BCUT2D eigenvalue weighted by Crippen LogP contribution is -2.33. The van der Waals surface area contributed by atoms with Crippen molar-refractivity contribution in [2.75, 3.05) is 26.4 Å². The Morgan fingerprint density at radius 2 is 1.02 bits per heavy atom. The second-order valence-corrected chi connectivity index (χ2v) is 16.4. The summed E-state index contributed by atoms with van der Waals surface area (Å²) in [5.41, 5.74) is 0.639. The fourth-order valence-electron chi connectivity index (χ4n) is 7.25. The molecule has 48 heavy (non-hydrogen) atoms. The van der Waals surface area contributed by atoms with Crippen molar-refractivity contribution in [2.24, 2.45) is 10.8 Å². The van der Waals surface area contributed by atoms with Crippen LogP contribution in [-0.4, -0.2) is 26.4 Å². The lowest BCUT2D eigenvalue weighted by Gasteiger charge is -2.31. The first-order chi connectivity index (χ1) is 23.5. The van der Waals surface area contributed by atoms with Crippen molar-refractivity contribution in [1.82, 2.24) is 0 Å². The Balaban J connectivity index is 1.50. The molecule has 0 N–H and O–H groups in total. The van der Waals surface area contributed by atoms with Gasteiger partial charge in [-0.05, 0) is 31.8 Å². The third-order valence-electron chi connectivity index (χ3n) is 10.5. The first-order valence-electron chi connectivity index (χ1n) is 19.4. The molecule has 2 aromatic rings. The van der Waals surface area contributed by atoms with Crippen molar-refractivity contribution in [3.63, 3.8) is 0 Å². The van der Waals surface area contributed by atoms with Crippen LogP contribution >= 0.6 is 22.7 Å². The fourth-order valence-corrected chi connectivity index (χ4v) is 9.01. The number of ether oxygens (including phenoxy) is 4. The highest BCUT2D eigenvalue weighted by Gasteiger charge is 2.37. The molecule has 268 valence electrons. The van der Waals surface area contributed by atoms with E-state index in [0.29, 0.717) is 32.0 Å². The van der Waals surface area contributed by atoms with Gasteiger partial charge in [0.15, 0.2) is 23.0 Å². The Kier molecular flexibility index (Phi) is 16.5. The van der Waals surface area contributed by atoms with E-state index < -0.39 is 0 Å². The molecule has 0 radical (unpaired) electrons. The van der Waals surface area contributed by atoms with E-state index in [1.54, 1.807) is 11.3 Å². The minimum absolute atomic E-state index is 0.0157. The number of hydrogen-bond donors (Lipinski definition) is 0. The van der Waals surface area contributed by atoms with E-state index in [9.17, 15) is 5.26 Å². The summed E-state index contributed by atoms with van der Waals surface area (Å²) in [7, 11) is 0. The molecule has 2 aromatic heterocycles. The molecule has 0 saturated heterocycles. The highest BCUT2D eigenvalue weighted by Crippen LogP contribution is 2.49. The van der Waals surface area contributed by atoms with Crippen LogP contribution in [0.5, 0.6) is 23.0 Å². The van der Waals surface area contributed by atoms with Crippen LogP contribution < -0.4 is 18.9 Å². The van der Waals surface area contributed by atoms with Crippen LogP contribution in [0.15, 0.2) is 10.8 Å². The molecular formula is C41H63NO4S2. The van der Waals surface area contributed by atoms with Gasteiger partial charge in [-0.1, -0.05) is 130 Å². The summed E-state index contributed by atoms with van der Waals surface area (Å²) in [6, 6.07) is 2.50. The average molecular weight is 698 g/mol. The van der Waals surface area contributed by atoms with Crippen molar-refractivity contribution in [3.05, 3.63) is 20.5 Å². The molecule has 4 heterocycles. The van der Waals surface area contributed by atoms with Crippen LogP contribution in [0.1, 0.15) is 166 Å². The average Bonchev–Trinajstić information content (AvgIpc) is 3.58. The van der Waals surface area contributed by atoms with Gasteiger partial charge < -0.3 is 18.9 Å². The van der Waals surface area contributed by atoms with Gasteiger partial charge in [-0.3, -0.25) is 0 Å². The van der Waals surface area contributed by atoms with Gasteiger partial charge in [0.2, 0.25) is 0 Å². The largest absolute Gasteiger partial charge is 0.488 e. The van der Waals surface area contributed by atoms with Gasteiger partial charge in [0.1, 0.15) is 6.07 Å². The highest BCUT2D eigenvalue weighted by atomic mass is 32.1. The van der Waals surface area contributed by atoms with E-state index in [2.05, 4.69) is 39.1 Å². The third kappa shape index (κ3) is 10.9. The number of allylic oxidation sites excluding steroid dienone is 1. The molecule has 0 saturated carbocycles. The zero-order chi connectivity index (χ0) is 34.1. The highest BCUT2D eigenvalue weighted by molar-refractivity contribution is 7.12. The number of hydrogen-bond acceptors (Lipinski definition) is 7. The van der Waals surface area contributed by atoms with Crippen molar-refractivity contribution in [2.45, 2.75) is 156 Å². The van der Waals surface area contributed by atoms with Gasteiger partial charge in [-0.25, -0.2) is 0 Å². The first-order valence-corrected chi connectivity index (χ1v) is 21.1. The molecule has 0 atom stereocenters. The van der Waals surface area contributed by atoms with E-state index in [4.69, 9.17) is 18.9 Å². The zero-order valence-corrected chi connectivity index (χ0v) is 32.2. The maximum Gasteiger partial charge on any atom is 0.180 e. The molecule has 0 unspecified atom stereocenters. The minimum atomic E-state index is 0.0157. The van der Waals surface area contributed by atoms with Crippen LogP contribution in [0.4, 0.5) is 0 Å². The number of nitriles is 1. The monoisotopic (exact) mass is 697 g/mol. The van der Waals surface area contributed by atoms with E-state index in [1.807, 2.05) is 11.5 Å². The zero-order valence-electron chi connectivity index (χ0n) is 30.6. The molecule has 5 nitrogen and oxygen atoms in total. The van der Waals surface area contributed by atoms with Crippen LogP contribution in [0.2, 0.25) is 0 Å². The topological polar surface area (TPSA) is 60.7 Å². The Morgan fingerprint density at radius 1 is 0.604 bits per heavy atom. The molecule has 2 aliphatic heterocycles. The van der Waals surface area contributed by atoms with Crippen LogP contribution in [0, 0.1) is 22.2 Å². The van der Waals surface area contributed by atoms with Crippen molar-refractivity contribution in [3.8, 4) is 29.1 Å². The molecule has 0 aromatic carbocycles. The van der Waals surface area contributed by atoms with Crippen molar-refractivity contribution >= 4 is 34.3 Å². The van der Waals surface area contributed by atoms with Gasteiger partial charge in [0.25, 0.3) is 0 Å². The summed E-state index contributed by atoms with van der Waals surface area (Å²) in [6.45, 7) is 11.8. The predicted octanol–water partition coefficient (Wildman–Crippen LogP) is 13.3. The minimum Gasteiger partial charge on any atom is -0.488 e. The molecule has 4 rings (SSSR count). The number of nitrogens with zero attached hydrogens (tertiary/aromatic N) is 1. The maximum atomic E-state index is 10.5. The van der Waals surface area contributed by atoms with E-state index in [0.717, 1.165) is 58.4 Å². The lowest BCUT2D eigenvalue weighted by atomic mass is 9.79. The summed E-state index contributed by atoms with van der Waals surface area (Å²) in [6.07, 6.45) is 26.5. The predicted molar refractivity (Wildman–Crippen MR) is 204 cm³/mol. The maximum absolute atomic E-state index is 10.5. The summed E-state index contributed by atoms with van der Waals surface area (Å²) in [5, 5.41) is 14.5. The SMILES string of the molecule is CCCCCCC1(CCCCCC)COc2csc(/C=C(\C#N)c3scc4c3OCC(CCCCCC)(CCCCCC)CO4)c2OC1. The Hall–Kier alpha value is -2.17. The normalized spacial score (nSPS) is 16.7. The Bertz CT molecular complexity index is 1260. The summed E-state index contributed by atoms with van der Waals surface area (Å²) < 4.78 is 26.4. The Labute approximate surface area is 300 Å². The third-order valence-corrected chi connectivity index (χ3v) is 12.3. The van der Waals surface area contributed by atoms with Gasteiger partial charge in [0.05, 0.1) is 41.8 Å². The van der Waals surface area contributed by atoms with E-state index in [1.165, 1.54) is 114 Å². The molecule has 0 spiro atoms. The summed E-state index contributed by atoms with van der Waals surface area (Å²) in [5.74, 6) is 3.11. The molecule has 7 heteroatoms. The summed E-state index contributed by atoms with van der Waals surface area (Å²) >= 11 is 3.12. The van der Waals surface area contributed by atoms with E-state index in [-0.39, 0.29) is 10.8 Å². The van der Waals surface area contributed by atoms with Gasteiger partial charge >= 0.3 is 0 Å². The molecular weight excluding hydrogens is 635 g/mol. The molecule has 2 aliphatic rings. The van der Waals surface area contributed by atoms with Crippen LogP contribution in [-0.2, 0) is 0 Å². The fraction of sp³-hybridized carbons (Fsp3) is 0.732. The van der Waals surface area contributed by atoms with Crippen molar-refractivity contribution in [1.29, 1.82) is 5.26 Å². The first kappa shape index (κ1) is 38.6. The van der Waals surface area contributed by atoms with E-state index >= 15 is 0 Å². The smallest absolute Gasteiger partial charge is 0.180 e. The second-order valence-electron chi connectivity index (χ2n) is 14.6. The van der Waals surface area contributed by atoms with Gasteiger partial charge in [-0.2, -0.15) is 5.26 Å². The lowest BCUT2D eigenvalue weighted by molar-refractivity contribution is 0.0782. The number of rotatable bonds is 22. The van der Waals surface area contributed by atoms with Crippen LogP contribution in [0.3, 0.4) is 0 Å². The van der Waals surface area contributed by atoms with Gasteiger partial charge in [0, 0.05) is 21.6 Å². The van der Waals surface area contributed by atoms with Gasteiger partial charge in [-0.15, -0.1) is 22.7 Å².